The zero-order valence-electron chi connectivity index (χ0n) is 31.1. The third kappa shape index (κ3) is 7.25. The number of nitrogens with one attached hydrogen (secondary N) is 2. The lowest BCUT2D eigenvalue weighted by Gasteiger charge is -2.08. The van der Waals surface area contributed by atoms with E-state index in [0.29, 0.717) is 22.6 Å². The first kappa shape index (κ1) is 36.6. The number of halogens is 1. The second-order valence-electron chi connectivity index (χ2n) is 13.3. The van der Waals surface area contributed by atoms with Crippen molar-refractivity contribution in [2.24, 2.45) is 14.1 Å². The number of aryl methyl sites for hydroxylation is 2. The second kappa shape index (κ2) is 15.4. The average Bonchev–Trinajstić information content (AvgIpc) is 3.75. The molecule has 0 saturated heterocycles. The minimum atomic E-state index is 0. The Hall–Kier alpha value is -7.41. The third-order valence-electron chi connectivity index (χ3n) is 9.63. The van der Waals surface area contributed by atoms with Crippen molar-refractivity contribution in [3.8, 4) is 22.5 Å². The number of hydrogen-bond acceptors (Lipinski definition) is 10. The van der Waals surface area contributed by atoms with Gasteiger partial charge in [-0.05, 0) is 72.8 Å². The molecular formula is C44H37ClN12. The van der Waals surface area contributed by atoms with Crippen LogP contribution in [0.5, 0.6) is 0 Å². The van der Waals surface area contributed by atoms with E-state index in [4.69, 9.17) is 27.3 Å². The maximum absolute atomic E-state index is 6.29. The summed E-state index contributed by atoms with van der Waals surface area (Å²) in [4.78, 5) is 26.9. The van der Waals surface area contributed by atoms with Crippen LogP contribution < -0.4 is 22.5 Å². The number of fused-ring (bicyclic) bond motifs is 4. The van der Waals surface area contributed by atoms with Gasteiger partial charge in [-0.3, -0.25) is 9.97 Å². The Morgan fingerprint density at radius 1 is 0.526 bits per heavy atom. The Morgan fingerprint density at radius 2 is 1.00 bits per heavy atom. The van der Waals surface area contributed by atoms with E-state index in [0.717, 1.165) is 55.7 Å². The Kier molecular flexibility index (Phi) is 9.86. The molecule has 0 saturated carbocycles. The fraction of sp³-hybridized carbons (Fsp3) is 0.0455. The summed E-state index contributed by atoms with van der Waals surface area (Å²) in [5.74, 6) is 1.07. The zero-order chi connectivity index (χ0) is 38.2. The lowest BCUT2D eigenvalue weighted by molar-refractivity contribution is 0.969. The van der Waals surface area contributed by atoms with Gasteiger partial charge in [0.2, 0.25) is 11.9 Å². The average molecular weight is 769 g/mol. The van der Waals surface area contributed by atoms with Gasteiger partial charge in [-0.15, -0.1) is 0 Å². The minimum absolute atomic E-state index is 0. The predicted octanol–water partition coefficient (Wildman–Crippen LogP) is 10.3. The molecule has 0 unspecified atom stereocenters. The molecule has 57 heavy (non-hydrogen) atoms. The molecule has 7 N–H and O–H groups in total. The van der Waals surface area contributed by atoms with E-state index in [2.05, 4.69) is 76.4 Å². The second-order valence-corrected chi connectivity index (χ2v) is 13.7. The molecule has 12 nitrogen and oxygen atoms in total. The van der Waals surface area contributed by atoms with Crippen molar-refractivity contribution in [1.29, 1.82) is 0 Å². The highest BCUT2D eigenvalue weighted by Gasteiger charge is 2.13. The maximum atomic E-state index is 6.29. The van der Waals surface area contributed by atoms with Crippen LogP contribution in [0, 0.1) is 0 Å². The molecule has 6 heterocycles. The summed E-state index contributed by atoms with van der Waals surface area (Å²) >= 11 is 6.29. The lowest BCUT2D eigenvalue weighted by Crippen LogP contribution is -1.98. The number of para-hydroxylation sites is 2. The number of nitrogens with zero attached hydrogens (tertiary/aromatic N) is 8. The SMILES string of the molecule is Cn1cc(-c2ccnc(Nc3ccc4nccc(Cl)c4c3)n2)c2ccccc21.Cn1cc(-c2ccnc(Nc3ccc4nccc(N)c4c3)n2)c2ccccc21.N. The number of nitrogen functional groups attached to an aromatic ring is 1. The van der Waals surface area contributed by atoms with Gasteiger partial charge in [0.25, 0.3) is 0 Å². The summed E-state index contributed by atoms with van der Waals surface area (Å²) in [5.41, 5.74) is 16.4. The van der Waals surface area contributed by atoms with Gasteiger partial charge < -0.3 is 31.7 Å². The lowest BCUT2D eigenvalue weighted by atomic mass is 10.1. The molecule has 0 aliphatic carbocycles. The topological polar surface area (TPSA) is 172 Å². The number of nitrogens with two attached hydrogens (primary N) is 1. The number of anilines is 5. The molecule has 0 aliphatic heterocycles. The van der Waals surface area contributed by atoms with Crippen molar-refractivity contribution < 1.29 is 0 Å². The number of pyridine rings is 2. The summed E-state index contributed by atoms with van der Waals surface area (Å²) in [6.07, 6.45) is 11.1. The van der Waals surface area contributed by atoms with Crippen LogP contribution in [0.15, 0.2) is 146 Å². The molecule has 4 aromatic carbocycles. The van der Waals surface area contributed by atoms with E-state index in [9.17, 15) is 0 Å². The maximum Gasteiger partial charge on any atom is 0.227 e. The summed E-state index contributed by atoms with van der Waals surface area (Å²) in [6, 6.07) is 35.7. The van der Waals surface area contributed by atoms with Crippen LogP contribution in [0.25, 0.3) is 66.1 Å². The highest BCUT2D eigenvalue weighted by Crippen LogP contribution is 2.32. The Morgan fingerprint density at radius 3 is 1.56 bits per heavy atom. The molecule has 0 fully saturated rings. The molecule has 10 aromatic rings. The third-order valence-corrected chi connectivity index (χ3v) is 9.96. The summed E-state index contributed by atoms with van der Waals surface area (Å²) < 4.78 is 4.22. The number of rotatable bonds is 6. The Labute approximate surface area is 332 Å². The molecule has 280 valence electrons. The van der Waals surface area contributed by atoms with E-state index < -0.39 is 0 Å². The molecule has 6 aromatic heterocycles. The molecule has 0 spiro atoms. The van der Waals surface area contributed by atoms with Crippen molar-refractivity contribution >= 4 is 84.2 Å². The first-order valence-corrected chi connectivity index (χ1v) is 18.2. The van der Waals surface area contributed by atoms with E-state index in [1.165, 1.54) is 21.8 Å². The molecule has 10 rings (SSSR count). The monoisotopic (exact) mass is 768 g/mol. The smallest absolute Gasteiger partial charge is 0.227 e. The van der Waals surface area contributed by atoms with Crippen molar-refractivity contribution in [3.63, 3.8) is 0 Å². The van der Waals surface area contributed by atoms with E-state index in [1.807, 2.05) is 86.9 Å². The highest BCUT2D eigenvalue weighted by molar-refractivity contribution is 6.35. The van der Waals surface area contributed by atoms with Gasteiger partial charge in [0.05, 0.1) is 27.4 Å². The number of hydrogen-bond donors (Lipinski definition) is 4. The first-order valence-electron chi connectivity index (χ1n) is 17.9. The Balaban J connectivity index is 0.000000157. The predicted molar refractivity (Wildman–Crippen MR) is 232 cm³/mol. The van der Waals surface area contributed by atoms with E-state index >= 15 is 0 Å². The van der Waals surface area contributed by atoms with Gasteiger partial charge in [0, 0.05) is 112 Å². The normalized spacial score (nSPS) is 11.0. The van der Waals surface area contributed by atoms with Gasteiger partial charge in [-0.25, -0.2) is 19.9 Å². The van der Waals surface area contributed by atoms with Crippen LogP contribution in [-0.4, -0.2) is 39.0 Å². The van der Waals surface area contributed by atoms with Crippen molar-refractivity contribution in [2.75, 3.05) is 16.4 Å². The van der Waals surface area contributed by atoms with Crippen molar-refractivity contribution in [3.05, 3.63) is 151 Å². The molecule has 0 atom stereocenters. The standard InChI is InChI=1S/C22H16ClN5.C22H18N6.H3N/c2*1-28-13-17(15-4-2-3-5-21(15)28)20-9-11-25-22(27-20)26-14-6-7-19-16(12-14)18(23)8-10-24-19;/h2-13H,1H3,(H,25,26,27);2-13H,1H3,(H2,23,24)(H,25,26,27);1H3. The van der Waals surface area contributed by atoms with Crippen LogP contribution in [0.2, 0.25) is 5.02 Å². The quantitative estimate of drug-likeness (QED) is 0.127. The number of benzene rings is 4. The molecule has 0 radical (unpaired) electrons. The van der Waals surface area contributed by atoms with Crippen LogP contribution in [0.1, 0.15) is 0 Å². The number of aromatic nitrogens is 8. The van der Waals surface area contributed by atoms with E-state index in [1.54, 1.807) is 36.9 Å². The fourth-order valence-electron chi connectivity index (χ4n) is 6.92. The summed E-state index contributed by atoms with van der Waals surface area (Å²) in [7, 11) is 4.08. The molecular weight excluding hydrogens is 732 g/mol. The van der Waals surface area contributed by atoms with Crippen molar-refractivity contribution in [1.82, 2.24) is 45.2 Å². The largest absolute Gasteiger partial charge is 0.398 e. The minimum Gasteiger partial charge on any atom is -0.398 e. The summed E-state index contributed by atoms with van der Waals surface area (Å²) in [6.45, 7) is 0. The van der Waals surface area contributed by atoms with Gasteiger partial charge >= 0.3 is 0 Å². The Bertz CT molecular complexity index is 2860. The molecule has 0 aliphatic rings. The molecule has 0 bridgehead atoms. The zero-order valence-corrected chi connectivity index (χ0v) is 31.9. The van der Waals surface area contributed by atoms with Crippen LogP contribution >= 0.6 is 11.6 Å². The van der Waals surface area contributed by atoms with Crippen molar-refractivity contribution in [2.45, 2.75) is 0 Å². The highest BCUT2D eigenvalue weighted by atomic mass is 35.5. The first-order chi connectivity index (χ1) is 27.4. The van der Waals surface area contributed by atoms with Crippen LogP contribution in [-0.2, 0) is 14.1 Å². The van der Waals surface area contributed by atoms with E-state index in [-0.39, 0.29) is 6.15 Å². The fourth-order valence-corrected chi connectivity index (χ4v) is 7.13. The van der Waals surface area contributed by atoms with Gasteiger partial charge in [-0.1, -0.05) is 48.0 Å². The van der Waals surface area contributed by atoms with Crippen LogP contribution in [0.4, 0.5) is 29.0 Å². The molecule has 13 heteroatoms. The van der Waals surface area contributed by atoms with Gasteiger partial charge in [0.15, 0.2) is 0 Å². The van der Waals surface area contributed by atoms with Crippen LogP contribution in [0.3, 0.4) is 0 Å². The molecule has 0 amide bonds. The van der Waals surface area contributed by atoms with Gasteiger partial charge in [0.1, 0.15) is 0 Å². The summed E-state index contributed by atoms with van der Waals surface area (Å²) in [5, 5.41) is 11.3. The van der Waals surface area contributed by atoms with Gasteiger partial charge in [-0.2, -0.15) is 0 Å².